The summed E-state index contributed by atoms with van der Waals surface area (Å²) in [6.45, 7) is 5.20. The predicted molar refractivity (Wildman–Crippen MR) is 112 cm³/mol. The summed E-state index contributed by atoms with van der Waals surface area (Å²) >= 11 is 0. The van der Waals surface area contributed by atoms with E-state index in [1.165, 1.54) is 11.1 Å². The molecule has 0 bridgehead atoms. The molecule has 1 N–H and O–H groups in total. The van der Waals surface area contributed by atoms with Crippen molar-refractivity contribution in [2.75, 3.05) is 20.8 Å². The molecule has 3 rings (SSSR count). The minimum absolute atomic E-state index is 0.134. The molecule has 5 heteroatoms. The van der Waals surface area contributed by atoms with E-state index >= 15 is 0 Å². The van der Waals surface area contributed by atoms with Gasteiger partial charge < -0.3 is 19.3 Å². The second-order valence-electron chi connectivity index (χ2n) is 8.26. The van der Waals surface area contributed by atoms with Crippen molar-refractivity contribution in [3.63, 3.8) is 0 Å². The summed E-state index contributed by atoms with van der Waals surface area (Å²) < 4.78 is 16.5. The highest BCUT2D eigenvalue weighted by molar-refractivity contribution is 5.88. The maximum Gasteiger partial charge on any atom is 0.335 e. The third-order valence-corrected chi connectivity index (χ3v) is 6.03. The molecule has 1 unspecified atom stereocenters. The zero-order valence-electron chi connectivity index (χ0n) is 17.6. The highest BCUT2D eigenvalue weighted by Crippen LogP contribution is 2.46. The van der Waals surface area contributed by atoms with Crippen molar-refractivity contribution < 1.29 is 24.1 Å². The standard InChI is InChI=1S/C24H30O5/c1-24(2)11-9-18(20-10-12-29-15-21(20)24)13-19(14-22(27-3)28-4)16-5-7-17(8-6-16)23(25)26/h5-8,10,12-13,18,22H,9,11,14-15H2,1-4H3,(H,25,26). The Hall–Kier alpha value is -2.37. The SMILES string of the molecule is COC(CC(=CC1CCC(C)(C)C2=C1C=COC2)c1ccc(C(=O)O)cc1)OC. The molecule has 1 aliphatic heterocycles. The molecule has 1 heterocycles. The van der Waals surface area contributed by atoms with Crippen LogP contribution in [0.5, 0.6) is 0 Å². The number of carbonyl (C=O) groups is 1. The number of ether oxygens (including phenoxy) is 3. The van der Waals surface area contributed by atoms with Gasteiger partial charge in [0.05, 0.1) is 11.8 Å². The summed E-state index contributed by atoms with van der Waals surface area (Å²) in [5, 5.41) is 9.20. The van der Waals surface area contributed by atoms with Gasteiger partial charge in [-0.3, -0.25) is 0 Å². The Morgan fingerprint density at radius 2 is 1.90 bits per heavy atom. The Kier molecular flexibility index (Phi) is 6.60. The first-order chi connectivity index (χ1) is 13.9. The Labute approximate surface area is 172 Å². The maximum atomic E-state index is 11.2. The third kappa shape index (κ3) is 4.80. The van der Waals surface area contributed by atoms with Crippen molar-refractivity contribution in [2.45, 2.75) is 39.4 Å². The van der Waals surface area contributed by atoms with Gasteiger partial charge in [0.1, 0.15) is 6.61 Å². The second-order valence-corrected chi connectivity index (χ2v) is 8.26. The molecule has 0 saturated carbocycles. The lowest BCUT2D eigenvalue weighted by molar-refractivity contribution is -0.0971. The lowest BCUT2D eigenvalue weighted by Crippen LogP contribution is -2.29. The molecule has 0 aromatic heterocycles. The Balaban J connectivity index is 2.00. The molecule has 1 aromatic rings. The van der Waals surface area contributed by atoms with Crippen LogP contribution in [0.15, 0.2) is 53.8 Å². The molecule has 5 nitrogen and oxygen atoms in total. The number of carboxylic acid groups (broad SMARTS) is 1. The number of hydrogen-bond donors (Lipinski definition) is 1. The minimum atomic E-state index is -0.926. The lowest BCUT2D eigenvalue weighted by atomic mass is 9.68. The Morgan fingerprint density at radius 1 is 1.24 bits per heavy atom. The summed E-state index contributed by atoms with van der Waals surface area (Å²) in [6, 6.07) is 7.01. The first kappa shape index (κ1) is 21.3. The minimum Gasteiger partial charge on any atom is -0.497 e. The van der Waals surface area contributed by atoms with Crippen molar-refractivity contribution >= 4 is 11.5 Å². The van der Waals surface area contributed by atoms with E-state index in [9.17, 15) is 9.90 Å². The molecule has 156 valence electrons. The number of rotatable bonds is 7. The van der Waals surface area contributed by atoms with Gasteiger partial charge in [-0.15, -0.1) is 0 Å². The molecule has 29 heavy (non-hydrogen) atoms. The van der Waals surface area contributed by atoms with Crippen molar-refractivity contribution in [2.24, 2.45) is 11.3 Å². The summed E-state index contributed by atoms with van der Waals surface area (Å²) in [5.74, 6) is -0.646. The normalized spacial score (nSPS) is 21.1. The molecule has 1 aromatic carbocycles. The van der Waals surface area contributed by atoms with E-state index in [2.05, 4.69) is 26.0 Å². The zero-order chi connectivity index (χ0) is 21.0. The molecule has 2 aliphatic rings. The van der Waals surface area contributed by atoms with Crippen LogP contribution >= 0.6 is 0 Å². The van der Waals surface area contributed by atoms with Crippen LogP contribution in [0.3, 0.4) is 0 Å². The van der Waals surface area contributed by atoms with Crippen LogP contribution in [0.25, 0.3) is 5.57 Å². The molecule has 0 amide bonds. The van der Waals surface area contributed by atoms with Crippen LogP contribution in [0.1, 0.15) is 49.0 Å². The van der Waals surface area contributed by atoms with Crippen LogP contribution < -0.4 is 0 Å². The van der Waals surface area contributed by atoms with E-state index in [1.807, 2.05) is 12.1 Å². The molecular weight excluding hydrogens is 368 g/mol. The molecule has 0 saturated heterocycles. The van der Waals surface area contributed by atoms with Crippen LogP contribution in [0.4, 0.5) is 0 Å². The average Bonchev–Trinajstić information content (AvgIpc) is 2.73. The topological polar surface area (TPSA) is 65.0 Å². The van der Waals surface area contributed by atoms with Crippen molar-refractivity contribution in [1.82, 2.24) is 0 Å². The molecule has 1 atom stereocenters. The van der Waals surface area contributed by atoms with E-state index in [0.29, 0.717) is 13.0 Å². The van der Waals surface area contributed by atoms with E-state index in [1.54, 1.807) is 32.6 Å². The van der Waals surface area contributed by atoms with Crippen LogP contribution in [0, 0.1) is 11.3 Å². The monoisotopic (exact) mass is 398 g/mol. The van der Waals surface area contributed by atoms with Gasteiger partial charge in [0, 0.05) is 26.6 Å². The van der Waals surface area contributed by atoms with Gasteiger partial charge in [-0.05, 0) is 58.7 Å². The zero-order valence-corrected chi connectivity index (χ0v) is 17.6. The van der Waals surface area contributed by atoms with Crippen LogP contribution in [0.2, 0.25) is 0 Å². The Morgan fingerprint density at radius 3 is 2.52 bits per heavy atom. The van der Waals surface area contributed by atoms with Gasteiger partial charge in [-0.2, -0.15) is 0 Å². The van der Waals surface area contributed by atoms with Crippen molar-refractivity contribution in [1.29, 1.82) is 0 Å². The number of hydrogen-bond acceptors (Lipinski definition) is 4. The smallest absolute Gasteiger partial charge is 0.335 e. The number of benzene rings is 1. The van der Waals surface area contributed by atoms with Crippen molar-refractivity contribution in [3.05, 3.63) is 65.0 Å². The first-order valence-electron chi connectivity index (χ1n) is 9.97. The second kappa shape index (κ2) is 8.97. The quantitative estimate of drug-likeness (QED) is 0.651. The van der Waals surface area contributed by atoms with E-state index < -0.39 is 5.97 Å². The number of aromatic carboxylic acids is 1. The summed E-state index contributed by atoms with van der Waals surface area (Å²) in [5.41, 5.74) is 5.18. The van der Waals surface area contributed by atoms with Gasteiger partial charge in [-0.25, -0.2) is 4.79 Å². The fraction of sp³-hybridized carbons (Fsp3) is 0.458. The van der Waals surface area contributed by atoms with Gasteiger partial charge in [-0.1, -0.05) is 32.1 Å². The molecular formula is C24H30O5. The highest BCUT2D eigenvalue weighted by Gasteiger charge is 2.35. The van der Waals surface area contributed by atoms with Gasteiger partial charge in [0.2, 0.25) is 0 Å². The van der Waals surface area contributed by atoms with Crippen LogP contribution in [-0.4, -0.2) is 38.2 Å². The third-order valence-electron chi connectivity index (χ3n) is 6.03. The van der Waals surface area contributed by atoms with Crippen molar-refractivity contribution in [3.8, 4) is 0 Å². The Bertz CT molecular complexity index is 825. The lowest BCUT2D eigenvalue weighted by Gasteiger charge is -2.39. The fourth-order valence-electron chi connectivity index (χ4n) is 4.16. The number of allylic oxidation sites excluding steroid dienone is 3. The van der Waals surface area contributed by atoms with Gasteiger partial charge >= 0.3 is 5.97 Å². The van der Waals surface area contributed by atoms with E-state index in [4.69, 9.17) is 14.2 Å². The van der Waals surface area contributed by atoms with Gasteiger partial charge in [0.15, 0.2) is 6.29 Å². The van der Waals surface area contributed by atoms with E-state index in [0.717, 1.165) is 24.0 Å². The molecule has 1 aliphatic carbocycles. The maximum absolute atomic E-state index is 11.2. The summed E-state index contributed by atoms with van der Waals surface area (Å²) in [7, 11) is 3.26. The predicted octanol–water partition coefficient (Wildman–Crippen LogP) is 5.05. The fourth-order valence-corrected chi connectivity index (χ4v) is 4.16. The molecule has 0 spiro atoms. The molecule has 0 radical (unpaired) electrons. The van der Waals surface area contributed by atoms with Crippen LogP contribution in [-0.2, 0) is 14.2 Å². The summed E-state index contributed by atoms with van der Waals surface area (Å²) in [4.78, 5) is 11.2. The van der Waals surface area contributed by atoms with E-state index in [-0.39, 0.29) is 23.2 Å². The molecule has 0 fully saturated rings. The number of carboxylic acids is 1. The average molecular weight is 398 g/mol. The summed E-state index contributed by atoms with van der Waals surface area (Å²) in [6.07, 6.45) is 8.54. The number of methoxy groups -OCH3 is 2. The largest absolute Gasteiger partial charge is 0.497 e. The van der Waals surface area contributed by atoms with Gasteiger partial charge in [0.25, 0.3) is 0 Å². The highest BCUT2D eigenvalue weighted by atomic mass is 16.7. The first-order valence-corrected chi connectivity index (χ1v) is 9.97.